The first-order valence-corrected chi connectivity index (χ1v) is 6.50. The van der Waals surface area contributed by atoms with Crippen LogP contribution in [0.15, 0.2) is 53.9 Å². The van der Waals surface area contributed by atoms with Gasteiger partial charge in [0.05, 0.1) is 4.88 Å². The van der Waals surface area contributed by atoms with E-state index in [0.717, 1.165) is 5.56 Å². The molecule has 0 atom stereocenters. The Kier molecular flexibility index (Phi) is 4.47. The number of carbonyl (C=O) groups is 2. The minimum absolute atomic E-state index is 0.323. The van der Waals surface area contributed by atoms with Gasteiger partial charge in [0.2, 0.25) is 0 Å². The number of amides is 2. The SMILES string of the molecule is O=C(/C=C/c1ccccc1)NNC(=O)c1cccs1. The van der Waals surface area contributed by atoms with Gasteiger partial charge < -0.3 is 0 Å². The number of nitrogens with one attached hydrogen (secondary N) is 2. The number of benzene rings is 1. The summed E-state index contributed by atoms with van der Waals surface area (Å²) < 4.78 is 0. The van der Waals surface area contributed by atoms with Gasteiger partial charge in [-0.2, -0.15) is 0 Å². The monoisotopic (exact) mass is 272 g/mol. The largest absolute Gasteiger partial charge is 0.279 e. The van der Waals surface area contributed by atoms with Crippen LogP contribution in [0.5, 0.6) is 0 Å². The highest BCUT2D eigenvalue weighted by Gasteiger charge is 2.05. The lowest BCUT2D eigenvalue weighted by molar-refractivity contribution is -0.117. The summed E-state index contributed by atoms with van der Waals surface area (Å²) >= 11 is 1.31. The number of hydrogen-bond donors (Lipinski definition) is 2. The zero-order chi connectivity index (χ0) is 13.5. The Labute approximate surface area is 114 Å². The summed E-state index contributed by atoms with van der Waals surface area (Å²) in [7, 11) is 0. The normalized spacial score (nSPS) is 10.3. The summed E-state index contributed by atoms with van der Waals surface area (Å²) in [6.07, 6.45) is 3.04. The van der Waals surface area contributed by atoms with Gasteiger partial charge in [0.15, 0.2) is 0 Å². The summed E-state index contributed by atoms with van der Waals surface area (Å²) in [6.45, 7) is 0. The minimum atomic E-state index is -0.381. The van der Waals surface area contributed by atoms with Crippen molar-refractivity contribution in [3.8, 4) is 0 Å². The molecule has 2 N–H and O–H groups in total. The number of thiophene rings is 1. The molecule has 1 heterocycles. The molecule has 0 aliphatic heterocycles. The van der Waals surface area contributed by atoms with Crippen LogP contribution in [0.3, 0.4) is 0 Å². The predicted octanol–water partition coefficient (Wildman–Crippen LogP) is 2.22. The number of hydrogen-bond acceptors (Lipinski definition) is 3. The minimum Gasteiger partial charge on any atom is -0.268 e. The van der Waals surface area contributed by atoms with Crippen molar-refractivity contribution in [3.63, 3.8) is 0 Å². The van der Waals surface area contributed by atoms with Crippen LogP contribution in [0, 0.1) is 0 Å². The molecule has 0 saturated carbocycles. The van der Waals surface area contributed by atoms with Crippen molar-refractivity contribution < 1.29 is 9.59 Å². The number of carbonyl (C=O) groups excluding carboxylic acids is 2. The molecule has 5 heteroatoms. The van der Waals surface area contributed by atoms with Gasteiger partial charge in [-0.1, -0.05) is 36.4 Å². The van der Waals surface area contributed by atoms with Gasteiger partial charge in [-0.25, -0.2) is 0 Å². The van der Waals surface area contributed by atoms with E-state index >= 15 is 0 Å². The van der Waals surface area contributed by atoms with E-state index in [1.54, 1.807) is 23.6 Å². The van der Waals surface area contributed by atoms with Gasteiger partial charge in [-0.05, 0) is 23.1 Å². The third-order valence-corrected chi connectivity index (χ3v) is 3.14. The van der Waals surface area contributed by atoms with Gasteiger partial charge in [-0.3, -0.25) is 20.4 Å². The van der Waals surface area contributed by atoms with Crippen molar-refractivity contribution in [2.75, 3.05) is 0 Å². The van der Waals surface area contributed by atoms with E-state index in [2.05, 4.69) is 10.9 Å². The molecule has 0 aliphatic rings. The molecule has 0 radical (unpaired) electrons. The molecule has 0 aliphatic carbocycles. The highest BCUT2D eigenvalue weighted by Crippen LogP contribution is 2.07. The lowest BCUT2D eigenvalue weighted by atomic mass is 10.2. The first-order chi connectivity index (χ1) is 9.25. The topological polar surface area (TPSA) is 58.2 Å². The van der Waals surface area contributed by atoms with E-state index in [0.29, 0.717) is 4.88 Å². The second kappa shape index (κ2) is 6.51. The predicted molar refractivity (Wildman–Crippen MR) is 75.4 cm³/mol. The van der Waals surface area contributed by atoms with Crippen molar-refractivity contribution in [1.82, 2.24) is 10.9 Å². The summed E-state index contributed by atoms with van der Waals surface area (Å²) in [6, 6.07) is 12.9. The van der Waals surface area contributed by atoms with Crippen LogP contribution in [0.2, 0.25) is 0 Å². The number of hydrazine groups is 1. The lowest BCUT2D eigenvalue weighted by Crippen LogP contribution is -2.40. The summed E-state index contributed by atoms with van der Waals surface area (Å²) in [5.41, 5.74) is 5.58. The molecule has 4 nitrogen and oxygen atoms in total. The molecule has 0 saturated heterocycles. The Bertz CT molecular complexity index is 577. The summed E-state index contributed by atoms with van der Waals surface area (Å²) in [5, 5.41) is 1.80. The Balaban J connectivity index is 1.82. The average Bonchev–Trinajstić information content (AvgIpc) is 2.98. The molecule has 0 unspecified atom stereocenters. The number of rotatable bonds is 3. The average molecular weight is 272 g/mol. The maximum absolute atomic E-state index is 11.5. The van der Waals surface area contributed by atoms with Gasteiger partial charge >= 0.3 is 0 Å². The van der Waals surface area contributed by atoms with Crippen LogP contribution in [-0.2, 0) is 4.79 Å². The smallest absolute Gasteiger partial charge is 0.268 e. The molecular formula is C14H12N2O2S. The van der Waals surface area contributed by atoms with E-state index in [-0.39, 0.29) is 11.8 Å². The second-order valence-corrected chi connectivity index (χ2v) is 4.61. The van der Waals surface area contributed by atoms with Gasteiger partial charge in [0, 0.05) is 6.08 Å². The maximum Gasteiger partial charge on any atom is 0.279 e. The first kappa shape index (κ1) is 13.0. The Morgan fingerprint density at radius 1 is 1.00 bits per heavy atom. The van der Waals surface area contributed by atoms with Gasteiger partial charge in [0.25, 0.3) is 11.8 Å². The van der Waals surface area contributed by atoms with Crippen LogP contribution in [0.25, 0.3) is 6.08 Å². The maximum atomic E-state index is 11.5. The van der Waals surface area contributed by atoms with Crippen LogP contribution in [-0.4, -0.2) is 11.8 Å². The van der Waals surface area contributed by atoms with Crippen LogP contribution < -0.4 is 10.9 Å². The standard InChI is InChI=1S/C14H12N2O2S/c17-13(9-8-11-5-2-1-3-6-11)15-16-14(18)12-7-4-10-19-12/h1-10H,(H,15,17)(H,16,18)/b9-8+. The Morgan fingerprint density at radius 2 is 1.79 bits per heavy atom. The summed E-state index contributed by atoms with van der Waals surface area (Å²) in [4.78, 5) is 23.6. The molecule has 2 rings (SSSR count). The van der Waals surface area contributed by atoms with Gasteiger partial charge in [0.1, 0.15) is 0 Å². The molecule has 0 spiro atoms. The molecular weight excluding hydrogens is 260 g/mol. The van der Waals surface area contributed by atoms with E-state index in [1.807, 2.05) is 30.3 Å². The van der Waals surface area contributed by atoms with Crippen molar-refractivity contribution in [3.05, 3.63) is 64.4 Å². The molecule has 19 heavy (non-hydrogen) atoms. The fraction of sp³-hybridized carbons (Fsp3) is 0. The van der Waals surface area contributed by atoms with Crippen LogP contribution >= 0.6 is 11.3 Å². The van der Waals surface area contributed by atoms with E-state index in [9.17, 15) is 9.59 Å². The quantitative estimate of drug-likeness (QED) is 0.665. The first-order valence-electron chi connectivity index (χ1n) is 5.62. The molecule has 1 aromatic carbocycles. The molecule has 2 aromatic rings. The van der Waals surface area contributed by atoms with Crippen molar-refractivity contribution >= 4 is 29.2 Å². The fourth-order valence-corrected chi connectivity index (χ4v) is 1.98. The van der Waals surface area contributed by atoms with E-state index in [1.165, 1.54) is 17.4 Å². The highest BCUT2D eigenvalue weighted by molar-refractivity contribution is 7.12. The Hall–Kier alpha value is -2.40. The molecule has 0 fully saturated rings. The van der Waals surface area contributed by atoms with E-state index < -0.39 is 0 Å². The molecule has 1 aromatic heterocycles. The third kappa shape index (κ3) is 4.08. The van der Waals surface area contributed by atoms with Crippen LogP contribution in [0.1, 0.15) is 15.2 Å². The zero-order valence-electron chi connectivity index (χ0n) is 10.00. The fourth-order valence-electron chi connectivity index (χ4n) is 1.37. The van der Waals surface area contributed by atoms with E-state index in [4.69, 9.17) is 0 Å². The van der Waals surface area contributed by atoms with Crippen LogP contribution in [0.4, 0.5) is 0 Å². The Morgan fingerprint density at radius 3 is 2.47 bits per heavy atom. The second-order valence-electron chi connectivity index (χ2n) is 3.66. The van der Waals surface area contributed by atoms with Crippen molar-refractivity contribution in [2.45, 2.75) is 0 Å². The lowest BCUT2D eigenvalue weighted by Gasteiger charge is -2.02. The molecule has 2 amide bonds. The van der Waals surface area contributed by atoms with Crippen molar-refractivity contribution in [1.29, 1.82) is 0 Å². The molecule has 0 bridgehead atoms. The third-order valence-electron chi connectivity index (χ3n) is 2.27. The molecule has 96 valence electrons. The summed E-state index contributed by atoms with van der Waals surface area (Å²) in [5.74, 6) is -0.703. The zero-order valence-corrected chi connectivity index (χ0v) is 10.8. The van der Waals surface area contributed by atoms with Gasteiger partial charge in [-0.15, -0.1) is 11.3 Å². The van der Waals surface area contributed by atoms with Crippen molar-refractivity contribution in [2.24, 2.45) is 0 Å². The highest BCUT2D eigenvalue weighted by atomic mass is 32.1.